The number of benzene rings is 1. The number of nitrogens with zero attached hydrogens (tertiary/aromatic N) is 2. The number of morpholine rings is 1. The Morgan fingerprint density at radius 1 is 1.18 bits per heavy atom. The SMILES string of the molecule is O=C(CCN1CCO[C@@H](c2ccc(F)cc2)C1)N1CCCC1. The Morgan fingerprint density at radius 2 is 1.91 bits per heavy atom. The highest BCUT2D eigenvalue weighted by molar-refractivity contribution is 5.76. The smallest absolute Gasteiger partial charge is 0.223 e. The largest absolute Gasteiger partial charge is 0.371 e. The van der Waals surface area contributed by atoms with Crippen LogP contribution in [0.3, 0.4) is 0 Å². The fourth-order valence-corrected chi connectivity index (χ4v) is 3.16. The van der Waals surface area contributed by atoms with Gasteiger partial charge in [-0.2, -0.15) is 0 Å². The quantitative estimate of drug-likeness (QED) is 0.855. The molecule has 4 nitrogen and oxygen atoms in total. The Balaban J connectivity index is 1.50. The van der Waals surface area contributed by atoms with Crippen molar-refractivity contribution in [1.82, 2.24) is 9.80 Å². The molecule has 3 rings (SSSR count). The first-order valence-electron chi connectivity index (χ1n) is 8.09. The average Bonchev–Trinajstić information content (AvgIpc) is 3.08. The number of rotatable bonds is 4. The van der Waals surface area contributed by atoms with E-state index in [9.17, 15) is 9.18 Å². The maximum absolute atomic E-state index is 13.0. The summed E-state index contributed by atoms with van der Waals surface area (Å²) in [6, 6.07) is 6.49. The van der Waals surface area contributed by atoms with Crippen LogP contribution in [0.4, 0.5) is 4.39 Å². The lowest BCUT2D eigenvalue weighted by Gasteiger charge is -2.33. The van der Waals surface area contributed by atoms with Crippen molar-refractivity contribution in [3.05, 3.63) is 35.6 Å². The molecule has 2 heterocycles. The molecule has 22 heavy (non-hydrogen) atoms. The molecule has 2 aliphatic rings. The summed E-state index contributed by atoms with van der Waals surface area (Å²) >= 11 is 0. The second kappa shape index (κ2) is 7.20. The van der Waals surface area contributed by atoms with Gasteiger partial charge in [-0.1, -0.05) is 12.1 Å². The zero-order chi connectivity index (χ0) is 15.4. The Hall–Kier alpha value is -1.46. The third kappa shape index (κ3) is 3.84. The highest BCUT2D eigenvalue weighted by Crippen LogP contribution is 2.22. The van der Waals surface area contributed by atoms with Crippen LogP contribution in [-0.4, -0.2) is 55.0 Å². The summed E-state index contributed by atoms with van der Waals surface area (Å²) in [5.74, 6) is 0.0370. The predicted octanol–water partition coefficient (Wildman–Crippen LogP) is 2.21. The Bertz CT molecular complexity index is 500. The molecule has 0 aliphatic carbocycles. The van der Waals surface area contributed by atoms with E-state index in [1.165, 1.54) is 12.1 Å². The summed E-state index contributed by atoms with van der Waals surface area (Å²) in [6.45, 7) is 4.88. The summed E-state index contributed by atoms with van der Waals surface area (Å²) in [4.78, 5) is 16.3. The normalized spacial score (nSPS) is 23.0. The molecular weight excluding hydrogens is 283 g/mol. The molecule has 5 heteroatoms. The van der Waals surface area contributed by atoms with Crippen molar-refractivity contribution in [1.29, 1.82) is 0 Å². The van der Waals surface area contributed by atoms with Gasteiger partial charge in [0.1, 0.15) is 5.82 Å². The van der Waals surface area contributed by atoms with Gasteiger partial charge in [-0.3, -0.25) is 9.69 Å². The second-order valence-corrected chi connectivity index (χ2v) is 6.05. The summed E-state index contributed by atoms with van der Waals surface area (Å²) in [6.07, 6.45) is 2.82. The average molecular weight is 306 g/mol. The van der Waals surface area contributed by atoms with Crippen molar-refractivity contribution < 1.29 is 13.9 Å². The van der Waals surface area contributed by atoms with Gasteiger partial charge >= 0.3 is 0 Å². The molecule has 0 bridgehead atoms. The van der Waals surface area contributed by atoms with Gasteiger partial charge in [0, 0.05) is 39.1 Å². The molecule has 0 N–H and O–H groups in total. The first-order valence-corrected chi connectivity index (χ1v) is 8.09. The molecule has 0 spiro atoms. The predicted molar refractivity (Wildman–Crippen MR) is 82.0 cm³/mol. The first kappa shape index (κ1) is 15.4. The molecule has 0 aromatic heterocycles. The maximum atomic E-state index is 13.0. The topological polar surface area (TPSA) is 32.8 Å². The standard InChI is InChI=1S/C17H23FN2O2/c18-15-5-3-14(4-6-15)16-13-19(11-12-22-16)10-7-17(21)20-8-1-2-9-20/h3-6,16H,1-2,7-13H2/t16-/m1/s1. The molecule has 1 aromatic carbocycles. The number of ether oxygens (including phenoxy) is 1. The number of carbonyl (C=O) groups is 1. The van der Waals surface area contributed by atoms with Gasteiger partial charge in [0.25, 0.3) is 0 Å². The zero-order valence-electron chi connectivity index (χ0n) is 12.8. The van der Waals surface area contributed by atoms with Crippen LogP contribution in [-0.2, 0) is 9.53 Å². The van der Waals surface area contributed by atoms with E-state index in [0.717, 1.165) is 51.1 Å². The van der Waals surface area contributed by atoms with Crippen molar-refractivity contribution in [2.75, 3.05) is 39.3 Å². The monoisotopic (exact) mass is 306 g/mol. The number of likely N-dealkylation sites (tertiary alicyclic amines) is 1. The van der Waals surface area contributed by atoms with Gasteiger partial charge < -0.3 is 9.64 Å². The fourth-order valence-electron chi connectivity index (χ4n) is 3.16. The summed E-state index contributed by atoms with van der Waals surface area (Å²) < 4.78 is 18.8. The van der Waals surface area contributed by atoms with Crippen LogP contribution in [0, 0.1) is 5.82 Å². The third-order valence-corrected chi connectivity index (χ3v) is 4.49. The van der Waals surface area contributed by atoms with E-state index in [1.54, 1.807) is 12.1 Å². The molecule has 1 amide bonds. The molecule has 0 unspecified atom stereocenters. The summed E-state index contributed by atoms with van der Waals surface area (Å²) in [7, 11) is 0. The molecule has 0 saturated carbocycles. The number of hydrogen-bond donors (Lipinski definition) is 0. The van der Waals surface area contributed by atoms with Crippen molar-refractivity contribution in [2.24, 2.45) is 0 Å². The minimum Gasteiger partial charge on any atom is -0.371 e. The lowest BCUT2D eigenvalue weighted by molar-refractivity contribution is -0.131. The third-order valence-electron chi connectivity index (χ3n) is 4.49. The van der Waals surface area contributed by atoms with E-state index in [-0.39, 0.29) is 17.8 Å². The summed E-state index contributed by atoms with van der Waals surface area (Å²) in [5, 5.41) is 0. The molecule has 0 radical (unpaired) electrons. The zero-order valence-corrected chi connectivity index (χ0v) is 12.8. The van der Waals surface area contributed by atoms with Crippen LogP contribution in [0.2, 0.25) is 0 Å². The van der Waals surface area contributed by atoms with Crippen molar-refractivity contribution in [2.45, 2.75) is 25.4 Å². The van der Waals surface area contributed by atoms with Crippen LogP contribution in [0.15, 0.2) is 24.3 Å². The Morgan fingerprint density at radius 3 is 2.64 bits per heavy atom. The van der Waals surface area contributed by atoms with E-state index < -0.39 is 0 Å². The second-order valence-electron chi connectivity index (χ2n) is 6.05. The number of hydrogen-bond acceptors (Lipinski definition) is 3. The fraction of sp³-hybridized carbons (Fsp3) is 0.588. The molecular formula is C17H23FN2O2. The molecule has 1 aromatic rings. The highest BCUT2D eigenvalue weighted by atomic mass is 19.1. The Kier molecular flexibility index (Phi) is 5.05. The van der Waals surface area contributed by atoms with Crippen LogP contribution in [0.5, 0.6) is 0 Å². The minimum absolute atomic E-state index is 0.0313. The van der Waals surface area contributed by atoms with Gasteiger partial charge in [0.05, 0.1) is 12.7 Å². The van der Waals surface area contributed by atoms with E-state index in [4.69, 9.17) is 4.74 Å². The van der Waals surface area contributed by atoms with Gasteiger partial charge in [-0.25, -0.2) is 4.39 Å². The van der Waals surface area contributed by atoms with Crippen LogP contribution >= 0.6 is 0 Å². The van der Waals surface area contributed by atoms with Crippen molar-refractivity contribution >= 4 is 5.91 Å². The van der Waals surface area contributed by atoms with Crippen molar-refractivity contribution in [3.63, 3.8) is 0 Å². The van der Waals surface area contributed by atoms with Gasteiger partial charge in [0.2, 0.25) is 5.91 Å². The van der Waals surface area contributed by atoms with E-state index >= 15 is 0 Å². The molecule has 1 atom stereocenters. The van der Waals surface area contributed by atoms with Gasteiger partial charge in [0.15, 0.2) is 0 Å². The van der Waals surface area contributed by atoms with E-state index in [2.05, 4.69) is 4.90 Å². The highest BCUT2D eigenvalue weighted by Gasteiger charge is 2.24. The minimum atomic E-state index is -0.229. The molecule has 2 fully saturated rings. The maximum Gasteiger partial charge on any atom is 0.223 e. The molecule has 120 valence electrons. The number of halogens is 1. The summed E-state index contributed by atoms with van der Waals surface area (Å²) in [5.41, 5.74) is 0.997. The molecule has 2 aliphatic heterocycles. The van der Waals surface area contributed by atoms with Crippen LogP contribution in [0.25, 0.3) is 0 Å². The lowest BCUT2D eigenvalue weighted by atomic mass is 10.1. The van der Waals surface area contributed by atoms with Gasteiger partial charge in [-0.05, 0) is 30.5 Å². The van der Waals surface area contributed by atoms with Crippen LogP contribution < -0.4 is 0 Å². The Labute approximate surface area is 130 Å². The number of amides is 1. The van der Waals surface area contributed by atoms with E-state index in [1.807, 2.05) is 4.90 Å². The lowest BCUT2D eigenvalue weighted by Crippen LogP contribution is -2.40. The van der Waals surface area contributed by atoms with Crippen LogP contribution in [0.1, 0.15) is 30.9 Å². The molecule has 2 saturated heterocycles. The number of carbonyl (C=O) groups excluding carboxylic acids is 1. The first-order chi connectivity index (χ1) is 10.7. The van der Waals surface area contributed by atoms with E-state index in [0.29, 0.717) is 13.0 Å². The van der Waals surface area contributed by atoms with Crippen molar-refractivity contribution in [3.8, 4) is 0 Å². The van der Waals surface area contributed by atoms with Gasteiger partial charge in [-0.15, -0.1) is 0 Å².